The molecule has 1 saturated heterocycles. The maximum Gasteiger partial charge on any atom is 0.278 e. The van der Waals surface area contributed by atoms with Crippen LogP contribution in [-0.4, -0.2) is 50.8 Å². The van der Waals surface area contributed by atoms with E-state index in [0.29, 0.717) is 11.6 Å². The fourth-order valence-electron chi connectivity index (χ4n) is 4.41. The predicted octanol–water partition coefficient (Wildman–Crippen LogP) is 3.36. The monoisotopic (exact) mass is 433 g/mol. The number of benzene rings is 1. The number of ether oxygens (including phenoxy) is 2. The number of carbonyl (C=O) groups excluding carboxylic acids is 1. The standard InChI is InChI=1S/C24H27N5O3/c1-28-16-25-14-23(28)29(18-11-20(12-18)32-19-5-3-2-4-6-19)24(30)22-13-21(26-15-27-22)17-7-9-31-10-8-17/h2-6,13-18,20H,7-12H2,1H3. The smallest absolute Gasteiger partial charge is 0.278 e. The van der Waals surface area contributed by atoms with Crippen LogP contribution in [0.25, 0.3) is 0 Å². The molecule has 5 rings (SSSR count). The summed E-state index contributed by atoms with van der Waals surface area (Å²) < 4.78 is 13.4. The number of amides is 1. The average Bonchev–Trinajstić information content (AvgIpc) is 3.24. The zero-order valence-electron chi connectivity index (χ0n) is 18.1. The Morgan fingerprint density at radius 2 is 1.94 bits per heavy atom. The van der Waals surface area contributed by atoms with Gasteiger partial charge in [-0.3, -0.25) is 9.69 Å². The molecule has 8 nitrogen and oxygen atoms in total. The van der Waals surface area contributed by atoms with Crippen LogP contribution in [0.5, 0.6) is 5.75 Å². The third kappa shape index (κ3) is 4.23. The van der Waals surface area contributed by atoms with Crippen molar-refractivity contribution in [3.8, 4) is 5.75 Å². The number of anilines is 1. The summed E-state index contributed by atoms with van der Waals surface area (Å²) in [6, 6.07) is 11.7. The average molecular weight is 434 g/mol. The molecule has 1 amide bonds. The van der Waals surface area contributed by atoms with Gasteiger partial charge in [-0.1, -0.05) is 18.2 Å². The molecule has 1 saturated carbocycles. The van der Waals surface area contributed by atoms with Gasteiger partial charge in [0.25, 0.3) is 5.91 Å². The van der Waals surface area contributed by atoms with Gasteiger partial charge in [0.05, 0.1) is 12.5 Å². The molecule has 2 fully saturated rings. The van der Waals surface area contributed by atoms with Crippen LogP contribution >= 0.6 is 0 Å². The molecule has 1 aromatic carbocycles. The number of nitrogens with zero attached hydrogens (tertiary/aromatic N) is 5. The molecule has 0 radical (unpaired) electrons. The first-order valence-corrected chi connectivity index (χ1v) is 11.1. The van der Waals surface area contributed by atoms with Crippen LogP contribution in [0.2, 0.25) is 0 Å². The molecule has 0 atom stereocenters. The lowest BCUT2D eigenvalue weighted by Crippen LogP contribution is -2.52. The second-order valence-electron chi connectivity index (χ2n) is 8.43. The third-order valence-electron chi connectivity index (χ3n) is 6.28. The number of para-hydroxylation sites is 1. The summed E-state index contributed by atoms with van der Waals surface area (Å²) in [6.45, 7) is 1.45. The van der Waals surface area contributed by atoms with Crippen molar-refractivity contribution >= 4 is 11.7 Å². The van der Waals surface area contributed by atoms with E-state index in [1.165, 1.54) is 6.33 Å². The van der Waals surface area contributed by atoms with Gasteiger partial charge in [0.15, 0.2) is 0 Å². The highest BCUT2D eigenvalue weighted by molar-refractivity contribution is 6.04. The minimum absolute atomic E-state index is 0.0214. The quantitative estimate of drug-likeness (QED) is 0.593. The van der Waals surface area contributed by atoms with Gasteiger partial charge in [-0.05, 0) is 31.0 Å². The molecule has 166 valence electrons. The molecule has 3 aromatic rings. The van der Waals surface area contributed by atoms with Gasteiger partial charge in [0, 0.05) is 50.8 Å². The van der Waals surface area contributed by atoms with Gasteiger partial charge in [0.2, 0.25) is 0 Å². The van der Waals surface area contributed by atoms with E-state index in [-0.39, 0.29) is 18.1 Å². The van der Waals surface area contributed by atoms with Gasteiger partial charge in [-0.25, -0.2) is 15.0 Å². The molecule has 8 heteroatoms. The largest absolute Gasteiger partial charge is 0.490 e. The van der Waals surface area contributed by atoms with Crippen molar-refractivity contribution in [3.05, 3.63) is 66.6 Å². The number of imidazole rings is 1. The van der Waals surface area contributed by atoms with Gasteiger partial charge >= 0.3 is 0 Å². The summed E-state index contributed by atoms with van der Waals surface area (Å²) in [5.74, 6) is 1.78. The Morgan fingerprint density at radius 1 is 1.16 bits per heavy atom. The Bertz CT molecular complexity index is 1060. The Labute approximate surface area is 187 Å². The highest BCUT2D eigenvalue weighted by atomic mass is 16.5. The third-order valence-corrected chi connectivity index (χ3v) is 6.28. The molecule has 2 aliphatic rings. The van der Waals surface area contributed by atoms with Crippen LogP contribution in [0, 0.1) is 0 Å². The van der Waals surface area contributed by atoms with E-state index in [4.69, 9.17) is 9.47 Å². The van der Waals surface area contributed by atoms with Crippen molar-refractivity contribution in [1.29, 1.82) is 0 Å². The molecule has 0 spiro atoms. The highest BCUT2D eigenvalue weighted by Crippen LogP contribution is 2.34. The van der Waals surface area contributed by atoms with Gasteiger partial charge in [-0.2, -0.15) is 0 Å². The number of rotatable bonds is 6. The second-order valence-corrected chi connectivity index (χ2v) is 8.43. The van der Waals surface area contributed by atoms with Crippen molar-refractivity contribution in [2.75, 3.05) is 18.1 Å². The number of aryl methyl sites for hydroxylation is 1. The van der Waals surface area contributed by atoms with Gasteiger partial charge in [0.1, 0.15) is 29.7 Å². The Hall–Kier alpha value is -3.26. The molecule has 0 N–H and O–H groups in total. The van der Waals surface area contributed by atoms with E-state index in [1.54, 1.807) is 12.5 Å². The second kappa shape index (κ2) is 9.08. The number of hydrogen-bond donors (Lipinski definition) is 0. The Morgan fingerprint density at radius 3 is 2.66 bits per heavy atom. The summed E-state index contributed by atoms with van der Waals surface area (Å²) in [4.78, 5) is 28.5. The van der Waals surface area contributed by atoms with Crippen molar-refractivity contribution in [2.24, 2.45) is 7.05 Å². The minimum atomic E-state index is -0.132. The maximum absolute atomic E-state index is 13.7. The summed E-state index contributed by atoms with van der Waals surface area (Å²) in [5, 5.41) is 0. The molecular weight excluding hydrogens is 406 g/mol. The molecule has 1 aliphatic heterocycles. The Kier molecular flexibility index (Phi) is 5.85. The lowest BCUT2D eigenvalue weighted by atomic mass is 9.87. The summed E-state index contributed by atoms with van der Waals surface area (Å²) in [6.07, 6.45) is 8.35. The maximum atomic E-state index is 13.7. The summed E-state index contributed by atoms with van der Waals surface area (Å²) in [7, 11) is 1.90. The van der Waals surface area contributed by atoms with Gasteiger partial charge < -0.3 is 14.0 Å². The zero-order valence-corrected chi connectivity index (χ0v) is 18.1. The van der Waals surface area contributed by atoms with Crippen molar-refractivity contribution in [3.63, 3.8) is 0 Å². The lowest BCUT2D eigenvalue weighted by molar-refractivity contribution is 0.0796. The zero-order chi connectivity index (χ0) is 21.9. The molecule has 32 heavy (non-hydrogen) atoms. The van der Waals surface area contributed by atoms with Crippen molar-refractivity contribution in [2.45, 2.75) is 43.7 Å². The predicted molar refractivity (Wildman–Crippen MR) is 119 cm³/mol. The number of hydrogen-bond acceptors (Lipinski definition) is 6. The van der Waals surface area contributed by atoms with Crippen LogP contribution in [0.1, 0.15) is 47.8 Å². The first-order chi connectivity index (χ1) is 15.7. The van der Waals surface area contributed by atoms with Crippen LogP contribution in [0.3, 0.4) is 0 Å². The first-order valence-electron chi connectivity index (χ1n) is 11.1. The first kappa shape index (κ1) is 20.6. The Balaban J connectivity index is 1.35. The van der Waals surface area contributed by atoms with Crippen LogP contribution in [0.15, 0.2) is 55.2 Å². The normalized spacial score (nSPS) is 21.0. The molecular formula is C24H27N5O3. The fourth-order valence-corrected chi connectivity index (χ4v) is 4.41. The topological polar surface area (TPSA) is 82.4 Å². The van der Waals surface area contributed by atoms with Crippen LogP contribution in [-0.2, 0) is 11.8 Å². The van der Waals surface area contributed by atoms with Crippen LogP contribution in [0.4, 0.5) is 5.82 Å². The van der Waals surface area contributed by atoms with E-state index in [0.717, 1.165) is 56.2 Å². The van der Waals surface area contributed by atoms with E-state index in [1.807, 2.05) is 52.9 Å². The fraction of sp³-hybridized carbons (Fsp3) is 0.417. The molecule has 0 unspecified atom stereocenters. The summed E-state index contributed by atoms with van der Waals surface area (Å²) >= 11 is 0. The lowest BCUT2D eigenvalue weighted by Gasteiger charge is -2.42. The highest BCUT2D eigenvalue weighted by Gasteiger charge is 2.40. The van der Waals surface area contributed by atoms with E-state index in [9.17, 15) is 4.79 Å². The molecule has 3 heterocycles. The minimum Gasteiger partial charge on any atom is -0.490 e. The van der Waals surface area contributed by atoms with Crippen LogP contribution < -0.4 is 9.64 Å². The van der Waals surface area contributed by atoms with E-state index < -0.39 is 0 Å². The molecule has 1 aliphatic carbocycles. The van der Waals surface area contributed by atoms with Crippen molar-refractivity contribution in [1.82, 2.24) is 19.5 Å². The van der Waals surface area contributed by atoms with Gasteiger partial charge in [-0.15, -0.1) is 0 Å². The summed E-state index contributed by atoms with van der Waals surface area (Å²) in [5.41, 5.74) is 1.32. The van der Waals surface area contributed by atoms with E-state index >= 15 is 0 Å². The number of carbonyl (C=O) groups is 1. The molecule has 0 bridgehead atoms. The number of aromatic nitrogens is 4. The van der Waals surface area contributed by atoms with Crippen molar-refractivity contribution < 1.29 is 14.3 Å². The van der Waals surface area contributed by atoms with E-state index in [2.05, 4.69) is 15.0 Å². The molecule has 2 aromatic heterocycles. The SMILES string of the molecule is Cn1cncc1N(C(=O)c1cc(C2CCOCC2)ncn1)C1CC(Oc2ccccc2)C1.